The highest BCUT2D eigenvalue weighted by molar-refractivity contribution is 6.05. The van der Waals surface area contributed by atoms with Crippen molar-refractivity contribution in [2.75, 3.05) is 27.8 Å². The van der Waals surface area contributed by atoms with Crippen molar-refractivity contribution in [3.63, 3.8) is 0 Å². The first-order valence-electron chi connectivity index (χ1n) is 10.6. The minimum Gasteiger partial charge on any atom is -0.496 e. The van der Waals surface area contributed by atoms with Crippen molar-refractivity contribution in [1.82, 2.24) is 24.6 Å². The molecule has 1 aromatic carbocycles. The highest BCUT2D eigenvalue weighted by Gasteiger charge is 2.23. The number of hydrogen-bond acceptors (Lipinski definition) is 7. The van der Waals surface area contributed by atoms with Gasteiger partial charge in [-0.15, -0.1) is 0 Å². The van der Waals surface area contributed by atoms with Crippen LogP contribution in [0.4, 0.5) is 8.78 Å². The van der Waals surface area contributed by atoms with Crippen LogP contribution in [0.1, 0.15) is 30.2 Å². The minimum absolute atomic E-state index is 0.151. The second-order valence-corrected chi connectivity index (χ2v) is 8.34. The fourth-order valence-corrected chi connectivity index (χ4v) is 4.24. The molecule has 0 amide bonds. The van der Waals surface area contributed by atoms with E-state index in [-0.39, 0.29) is 12.6 Å². The van der Waals surface area contributed by atoms with Crippen molar-refractivity contribution in [3.8, 4) is 16.9 Å². The van der Waals surface area contributed by atoms with Gasteiger partial charge in [-0.05, 0) is 47.0 Å². The highest BCUT2D eigenvalue weighted by Crippen LogP contribution is 2.39. The Morgan fingerprint density at radius 3 is 2.55 bits per heavy atom. The van der Waals surface area contributed by atoms with Crippen molar-refractivity contribution >= 4 is 21.9 Å². The number of hydrogen-bond donors (Lipinski definition) is 0. The monoisotopic (exact) mass is 459 g/mol. The fraction of sp³-hybridized carbons (Fsp3) is 0.435. The molecule has 176 valence electrons. The predicted octanol–water partition coefficient (Wildman–Crippen LogP) is 4.73. The van der Waals surface area contributed by atoms with Gasteiger partial charge in [0.25, 0.3) is 0 Å². The van der Waals surface area contributed by atoms with E-state index in [0.717, 1.165) is 39.1 Å². The largest absolute Gasteiger partial charge is 0.496 e. The molecule has 10 heteroatoms. The van der Waals surface area contributed by atoms with Gasteiger partial charge in [-0.3, -0.25) is 4.98 Å². The zero-order chi connectivity index (χ0) is 23.9. The molecule has 0 N–H and O–H groups in total. The topological polar surface area (TPSA) is 78.4 Å². The van der Waals surface area contributed by atoms with E-state index in [1.807, 2.05) is 56.5 Å². The van der Waals surface area contributed by atoms with Gasteiger partial charge in [0.05, 0.1) is 54.8 Å². The summed E-state index contributed by atoms with van der Waals surface area (Å²) in [6.45, 7) is 3.10. The van der Waals surface area contributed by atoms with Crippen LogP contribution < -0.4 is 4.74 Å². The summed E-state index contributed by atoms with van der Waals surface area (Å²) in [6.07, 6.45) is 1.71. The molecule has 1 atom stereocenters. The van der Waals surface area contributed by atoms with Crippen LogP contribution in [0.5, 0.6) is 5.75 Å². The van der Waals surface area contributed by atoms with Crippen LogP contribution in [-0.2, 0) is 11.3 Å². The molecule has 0 aliphatic heterocycles. The molecule has 0 unspecified atom stereocenters. The van der Waals surface area contributed by atoms with Crippen LogP contribution in [-0.4, -0.2) is 59.0 Å². The number of aryl methyl sites for hydroxylation is 2. The van der Waals surface area contributed by atoms with Gasteiger partial charge in [0.2, 0.25) is 0 Å². The average molecular weight is 459 g/mol. The maximum Gasteiger partial charge on any atom is 0.345 e. The third kappa shape index (κ3) is 4.28. The molecule has 8 nitrogen and oxygen atoms in total. The molecule has 0 saturated carbocycles. The molecule has 4 rings (SSSR count). The van der Waals surface area contributed by atoms with E-state index in [1.165, 1.54) is 0 Å². The SMILES string of the molecule is COc1cc2c(cc1-c1c(C)noc1C)ncc1nc(CN(C)C)n([C@H](C)COC(F)F)c12. The van der Waals surface area contributed by atoms with E-state index in [9.17, 15) is 8.78 Å². The second-order valence-electron chi connectivity index (χ2n) is 8.34. The molecule has 4 aromatic rings. The number of benzene rings is 1. The molecule has 0 bridgehead atoms. The number of alkyl halides is 2. The number of methoxy groups -OCH3 is 1. The Bertz CT molecular complexity index is 1280. The molecule has 0 aliphatic carbocycles. The summed E-state index contributed by atoms with van der Waals surface area (Å²) >= 11 is 0. The lowest BCUT2D eigenvalue weighted by Gasteiger charge is -2.20. The summed E-state index contributed by atoms with van der Waals surface area (Å²) in [5.41, 5.74) is 4.62. The molecule has 0 fully saturated rings. The number of fused-ring (bicyclic) bond motifs is 3. The van der Waals surface area contributed by atoms with Crippen LogP contribution in [0.25, 0.3) is 33.1 Å². The summed E-state index contributed by atoms with van der Waals surface area (Å²) in [6, 6.07) is 3.46. The van der Waals surface area contributed by atoms with E-state index < -0.39 is 6.61 Å². The van der Waals surface area contributed by atoms with Crippen LogP contribution >= 0.6 is 0 Å². The van der Waals surface area contributed by atoms with Crippen molar-refractivity contribution in [2.24, 2.45) is 0 Å². The van der Waals surface area contributed by atoms with Crippen LogP contribution in [0.15, 0.2) is 22.9 Å². The molecule has 0 saturated heterocycles. The lowest BCUT2D eigenvalue weighted by molar-refractivity contribution is -0.135. The van der Waals surface area contributed by atoms with Gasteiger partial charge in [-0.1, -0.05) is 5.16 Å². The zero-order valence-corrected chi connectivity index (χ0v) is 19.5. The molecule has 0 aliphatic rings. The summed E-state index contributed by atoms with van der Waals surface area (Å²) < 4.78 is 43.2. The van der Waals surface area contributed by atoms with Gasteiger partial charge in [0, 0.05) is 10.9 Å². The number of imidazole rings is 1. The van der Waals surface area contributed by atoms with E-state index in [2.05, 4.69) is 14.9 Å². The zero-order valence-electron chi connectivity index (χ0n) is 19.5. The Labute approximate surface area is 190 Å². The maximum absolute atomic E-state index is 12.8. The standard InChI is InChI=1S/C23H27F2N5O3/c1-12(11-32-23(24)25)30-20(10-29(4)5)27-18-9-26-17-7-16(21-13(2)28-33-14(21)3)19(31-6)8-15(17)22(18)30/h7-9,12,23H,10-11H2,1-6H3/t12-/m1/s1. The Morgan fingerprint density at radius 1 is 1.18 bits per heavy atom. The second kappa shape index (κ2) is 9.03. The van der Waals surface area contributed by atoms with Crippen LogP contribution in [0.2, 0.25) is 0 Å². The van der Waals surface area contributed by atoms with Gasteiger partial charge < -0.3 is 23.5 Å². The number of halogens is 2. The molecule has 0 spiro atoms. The number of nitrogens with zero attached hydrogens (tertiary/aromatic N) is 5. The third-order valence-electron chi connectivity index (χ3n) is 5.57. The molecule has 0 radical (unpaired) electrons. The van der Waals surface area contributed by atoms with Crippen molar-refractivity contribution < 1.29 is 22.8 Å². The van der Waals surface area contributed by atoms with Gasteiger partial charge >= 0.3 is 6.61 Å². The lowest BCUT2D eigenvalue weighted by Crippen LogP contribution is -2.20. The van der Waals surface area contributed by atoms with E-state index >= 15 is 0 Å². The van der Waals surface area contributed by atoms with Gasteiger partial charge in [0.1, 0.15) is 22.9 Å². The fourth-order valence-electron chi connectivity index (χ4n) is 4.24. The summed E-state index contributed by atoms with van der Waals surface area (Å²) in [5.74, 6) is 2.05. The van der Waals surface area contributed by atoms with Crippen molar-refractivity contribution in [3.05, 3.63) is 35.6 Å². The lowest BCUT2D eigenvalue weighted by atomic mass is 10.0. The number of ether oxygens (including phenoxy) is 2. The van der Waals surface area contributed by atoms with Gasteiger partial charge in [0.15, 0.2) is 0 Å². The van der Waals surface area contributed by atoms with Crippen LogP contribution in [0.3, 0.4) is 0 Å². The number of aromatic nitrogens is 4. The quantitative estimate of drug-likeness (QED) is 0.377. The minimum atomic E-state index is -2.84. The van der Waals surface area contributed by atoms with E-state index in [4.69, 9.17) is 14.2 Å². The number of rotatable bonds is 8. The summed E-state index contributed by atoms with van der Waals surface area (Å²) in [4.78, 5) is 11.4. The molecule has 3 aromatic heterocycles. The third-order valence-corrected chi connectivity index (χ3v) is 5.57. The Balaban J connectivity index is 1.98. The smallest absolute Gasteiger partial charge is 0.345 e. The first-order valence-corrected chi connectivity index (χ1v) is 10.6. The van der Waals surface area contributed by atoms with Gasteiger partial charge in [-0.2, -0.15) is 8.78 Å². The highest BCUT2D eigenvalue weighted by atomic mass is 19.3. The summed E-state index contributed by atoms with van der Waals surface area (Å²) in [7, 11) is 5.46. The van der Waals surface area contributed by atoms with Crippen molar-refractivity contribution in [2.45, 2.75) is 40.0 Å². The maximum atomic E-state index is 12.8. The summed E-state index contributed by atoms with van der Waals surface area (Å²) in [5, 5.41) is 4.86. The normalized spacial score (nSPS) is 13.0. The van der Waals surface area contributed by atoms with E-state index in [0.29, 0.717) is 23.6 Å². The number of pyridine rings is 1. The first-order chi connectivity index (χ1) is 15.7. The van der Waals surface area contributed by atoms with Gasteiger partial charge in [-0.25, -0.2) is 4.98 Å². The van der Waals surface area contributed by atoms with E-state index in [1.54, 1.807) is 13.3 Å². The molecule has 33 heavy (non-hydrogen) atoms. The molecule has 3 heterocycles. The Morgan fingerprint density at radius 2 is 1.94 bits per heavy atom. The average Bonchev–Trinajstić information content (AvgIpc) is 3.29. The Kier molecular flexibility index (Phi) is 6.31. The Hall–Kier alpha value is -3.11. The molecular formula is C23H27F2N5O3. The predicted molar refractivity (Wildman–Crippen MR) is 121 cm³/mol. The van der Waals surface area contributed by atoms with Crippen LogP contribution in [0, 0.1) is 13.8 Å². The molecular weight excluding hydrogens is 432 g/mol. The first kappa shape index (κ1) is 23.1. The van der Waals surface area contributed by atoms with Crippen molar-refractivity contribution in [1.29, 1.82) is 0 Å².